The van der Waals surface area contributed by atoms with Gasteiger partial charge in [0.15, 0.2) is 0 Å². The molecule has 2 rings (SSSR count). The molecule has 0 aromatic heterocycles. The molecule has 1 saturated heterocycles. The third-order valence-corrected chi connectivity index (χ3v) is 4.15. The number of amides is 1. The van der Waals surface area contributed by atoms with E-state index < -0.39 is 0 Å². The highest BCUT2D eigenvalue weighted by Crippen LogP contribution is 2.22. The molecule has 1 atom stereocenters. The van der Waals surface area contributed by atoms with Crippen molar-refractivity contribution >= 4 is 17.3 Å². The molecule has 1 aliphatic heterocycles. The van der Waals surface area contributed by atoms with E-state index in [1.807, 2.05) is 12.1 Å². The SMILES string of the molecule is CC(CCN)CCC(=O)Nc1ccc(N2CCCC2)cc1. The van der Waals surface area contributed by atoms with Crippen LogP contribution in [0.1, 0.15) is 39.0 Å². The topological polar surface area (TPSA) is 58.4 Å². The molecule has 1 aromatic carbocycles. The first-order valence-corrected chi connectivity index (χ1v) is 8.04. The third kappa shape index (κ3) is 5.05. The van der Waals surface area contributed by atoms with E-state index in [0.717, 1.165) is 31.6 Å². The molecule has 0 bridgehead atoms. The molecule has 0 aliphatic carbocycles. The first-order chi connectivity index (χ1) is 10.2. The number of carbonyl (C=O) groups is 1. The van der Waals surface area contributed by atoms with Crippen molar-refractivity contribution in [2.24, 2.45) is 11.7 Å². The Labute approximate surface area is 127 Å². The van der Waals surface area contributed by atoms with E-state index in [1.54, 1.807) is 0 Å². The summed E-state index contributed by atoms with van der Waals surface area (Å²) in [5, 5.41) is 2.97. The Morgan fingerprint density at radius 1 is 1.24 bits per heavy atom. The average molecular weight is 289 g/mol. The summed E-state index contributed by atoms with van der Waals surface area (Å²) in [4.78, 5) is 14.3. The van der Waals surface area contributed by atoms with E-state index in [-0.39, 0.29) is 5.91 Å². The van der Waals surface area contributed by atoms with Crippen LogP contribution in [0.3, 0.4) is 0 Å². The predicted molar refractivity (Wildman–Crippen MR) is 88.6 cm³/mol. The quantitative estimate of drug-likeness (QED) is 0.811. The Kier molecular flexibility index (Phi) is 6.05. The Morgan fingerprint density at radius 3 is 2.52 bits per heavy atom. The summed E-state index contributed by atoms with van der Waals surface area (Å²) in [6.45, 7) is 5.13. The highest BCUT2D eigenvalue weighted by atomic mass is 16.1. The average Bonchev–Trinajstić information content (AvgIpc) is 3.00. The normalized spacial score (nSPS) is 16.0. The minimum absolute atomic E-state index is 0.0905. The van der Waals surface area contributed by atoms with Gasteiger partial charge >= 0.3 is 0 Å². The fourth-order valence-corrected chi connectivity index (χ4v) is 2.76. The summed E-state index contributed by atoms with van der Waals surface area (Å²) < 4.78 is 0. The van der Waals surface area contributed by atoms with Gasteiger partial charge in [-0.1, -0.05) is 6.92 Å². The van der Waals surface area contributed by atoms with Crippen LogP contribution < -0.4 is 16.0 Å². The monoisotopic (exact) mass is 289 g/mol. The lowest BCUT2D eigenvalue weighted by Crippen LogP contribution is -2.17. The van der Waals surface area contributed by atoms with E-state index >= 15 is 0 Å². The summed E-state index contributed by atoms with van der Waals surface area (Å²) in [6.07, 6.45) is 5.00. The van der Waals surface area contributed by atoms with Crippen molar-refractivity contribution in [3.63, 3.8) is 0 Å². The third-order valence-electron chi connectivity index (χ3n) is 4.15. The van der Waals surface area contributed by atoms with Crippen LogP contribution in [-0.4, -0.2) is 25.5 Å². The lowest BCUT2D eigenvalue weighted by atomic mass is 10.0. The molecule has 1 amide bonds. The zero-order chi connectivity index (χ0) is 15.1. The van der Waals surface area contributed by atoms with Gasteiger partial charge in [-0.25, -0.2) is 0 Å². The Morgan fingerprint density at radius 2 is 1.90 bits per heavy atom. The van der Waals surface area contributed by atoms with Gasteiger partial charge in [0.2, 0.25) is 5.91 Å². The summed E-state index contributed by atoms with van der Waals surface area (Å²) in [5.41, 5.74) is 7.66. The summed E-state index contributed by atoms with van der Waals surface area (Å²) in [7, 11) is 0. The van der Waals surface area contributed by atoms with Crippen LogP contribution >= 0.6 is 0 Å². The zero-order valence-electron chi connectivity index (χ0n) is 13.0. The van der Waals surface area contributed by atoms with E-state index in [0.29, 0.717) is 18.9 Å². The molecule has 4 nitrogen and oxygen atoms in total. The molecule has 0 spiro atoms. The molecule has 3 N–H and O–H groups in total. The van der Waals surface area contributed by atoms with Gasteiger partial charge in [0.25, 0.3) is 0 Å². The minimum atomic E-state index is 0.0905. The van der Waals surface area contributed by atoms with Crippen molar-refractivity contribution in [3.05, 3.63) is 24.3 Å². The number of carbonyl (C=O) groups excluding carboxylic acids is 1. The maximum Gasteiger partial charge on any atom is 0.224 e. The number of hydrogen-bond donors (Lipinski definition) is 2. The van der Waals surface area contributed by atoms with Crippen molar-refractivity contribution in [1.82, 2.24) is 0 Å². The first-order valence-electron chi connectivity index (χ1n) is 8.04. The number of benzene rings is 1. The van der Waals surface area contributed by atoms with E-state index in [4.69, 9.17) is 5.73 Å². The van der Waals surface area contributed by atoms with Crippen molar-refractivity contribution in [1.29, 1.82) is 0 Å². The Balaban J connectivity index is 1.78. The Hall–Kier alpha value is -1.55. The smallest absolute Gasteiger partial charge is 0.224 e. The van der Waals surface area contributed by atoms with Gasteiger partial charge in [0.1, 0.15) is 0 Å². The highest BCUT2D eigenvalue weighted by Gasteiger charge is 2.12. The van der Waals surface area contributed by atoms with Crippen molar-refractivity contribution in [3.8, 4) is 0 Å². The zero-order valence-corrected chi connectivity index (χ0v) is 13.0. The highest BCUT2D eigenvalue weighted by molar-refractivity contribution is 5.90. The lowest BCUT2D eigenvalue weighted by Gasteiger charge is -2.17. The molecular formula is C17H27N3O. The summed E-state index contributed by atoms with van der Waals surface area (Å²) in [6, 6.07) is 8.18. The molecule has 1 aliphatic rings. The molecule has 1 unspecified atom stereocenters. The summed E-state index contributed by atoms with van der Waals surface area (Å²) in [5.74, 6) is 0.603. The largest absolute Gasteiger partial charge is 0.372 e. The van der Waals surface area contributed by atoms with Gasteiger partial charge < -0.3 is 16.0 Å². The number of nitrogens with zero attached hydrogens (tertiary/aromatic N) is 1. The number of anilines is 2. The molecular weight excluding hydrogens is 262 g/mol. The van der Waals surface area contributed by atoms with Crippen molar-refractivity contribution < 1.29 is 4.79 Å². The minimum Gasteiger partial charge on any atom is -0.372 e. The molecule has 21 heavy (non-hydrogen) atoms. The van der Waals surface area contributed by atoms with Crippen LogP contribution in [0.4, 0.5) is 11.4 Å². The second kappa shape index (κ2) is 8.03. The van der Waals surface area contributed by atoms with Gasteiger partial charge in [-0.2, -0.15) is 0 Å². The number of hydrogen-bond acceptors (Lipinski definition) is 3. The van der Waals surface area contributed by atoms with E-state index in [2.05, 4.69) is 29.3 Å². The van der Waals surface area contributed by atoms with Gasteiger partial charge in [0.05, 0.1) is 0 Å². The van der Waals surface area contributed by atoms with E-state index in [9.17, 15) is 4.79 Å². The van der Waals surface area contributed by atoms with Gasteiger partial charge in [-0.15, -0.1) is 0 Å². The predicted octanol–water partition coefficient (Wildman–Crippen LogP) is 2.99. The van der Waals surface area contributed by atoms with E-state index in [1.165, 1.54) is 18.5 Å². The molecule has 116 valence electrons. The van der Waals surface area contributed by atoms with Crippen molar-refractivity contribution in [2.45, 2.75) is 39.0 Å². The maximum atomic E-state index is 11.9. The lowest BCUT2D eigenvalue weighted by molar-refractivity contribution is -0.116. The molecule has 0 saturated carbocycles. The van der Waals surface area contributed by atoms with Gasteiger partial charge in [0, 0.05) is 30.9 Å². The summed E-state index contributed by atoms with van der Waals surface area (Å²) >= 11 is 0. The van der Waals surface area contributed by atoms with Crippen molar-refractivity contribution in [2.75, 3.05) is 29.9 Å². The van der Waals surface area contributed by atoms with Crippen LogP contribution in [0.25, 0.3) is 0 Å². The molecule has 1 aromatic rings. The second-order valence-electron chi connectivity index (χ2n) is 6.01. The number of nitrogens with two attached hydrogens (primary N) is 1. The number of nitrogens with one attached hydrogen (secondary N) is 1. The van der Waals surface area contributed by atoms with Crippen LogP contribution in [0, 0.1) is 5.92 Å². The van der Waals surface area contributed by atoms with Crippen LogP contribution in [-0.2, 0) is 4.79 Å². The fraction of sp³-hybridized carbons (Fsp3) is 0.588. The molecule has 1 fully saturated rings. The van der Waals surface area contributed by atoms with Crippen LogP contribution in [0.15, 0.2) is 24.3 Å². The standard InChI is InChI=1S/C17H27N3O/c1-14(10-11-18)4-9-17(21)19-15-5-7-16(8-6-15)20-12-2-3-13-20/h5-8,14H,2-4,9-13,18H2,1H3,(H,19,21). The van der Waals surface area contributed by atoms with Crippen LogP contribution in [0.5, 0.6) is 0 Å². The van der Waals surface area contributed by atoms with Gasteiger partial charge in [-0.3, -0.25) is 4.79 Å². The second-order valence-corrected chi connectivity index (χ2v) is 6.01. The molecule has 0 radical (unpaired) electrons. The molecule has 1 heterocycles. The first kappa shape index (κ1) is 15.8. The number of rotatable bonds is 7. The van der Waals surface area contributed by atoms with Gasteiger partial charge in [-0.05, 0) is 62.4 Å². The molecule has 4 heteroatoms. The Bertz CT molecular complexity index is 438. The maximum absolute atomic E-state index is 11.9. The fourth-order valence-electron chi connectivity index (χ4n) is 2.76. The van der Waals surface area contributed by atoms with Crippen LogP contribution in [0.2, 0.25) is 0 Å².